The lowest BCUT2D eigenvalue weighted by Crippen LogP contribution is -2.66. The van der Waals surface area contributed by atoms with Crippen molar-refractivity contribution in [3.63, 3.8) is 0 Å². The molecule has 0 aliphatic carbocycles. The number of fused-ring (bicyclic) bond motifs is 2. The highest BCUT2D eigenvalue weighted by atomic mass is 35.5. The number of amides is 1. The van der Waals surface area contributed by atoms with Gasteiger partial charge in [0.15, 0.2) is 0 Å². The number of nitrogens with one attached hydrogen (secondary N) is 1. The normalized spacial score (nSPS) is 28.6. The number of hydrogen-bond donors (Lipinski definition) is 1. The Morgan fingerprint density at radius 1 is 1.20 bits per heavy atom. The summed E-state index contributed by atoms with van der Waals surface area (Å²) in [5.74, 6) is -0.799. The molecule has 0 unspecified atom stereocenters. The van der Waals surface area contributed by atoms with Crippen LogP contribution in [0.15, 0.2) is 42.5 Å². The molecule has 1 saturated heterocycles. The molecule has 1 amide bonds. The van der Waals surface area contributed by atoms with Gasteiger partial charge in [-0.05, 0) is 11.6 Å². The highest BCUT2D eigenvalue weighted by molar-refractivity contribution is 6.70. The monoisotopic (exact) mass is 423 g/mol. The summed E-state index contributed by atoms with van der Waals surface area (Å²) in [6.45, 7) is -0.0898. The Labute approximate surface area is 164 Å². The van der Waals surface area contributed by atoms with Gasteiger partial charge in [-0.2, -0.15) is 0 Å². The van der Waals surface area contributed by atoms with E-state index in [1.807, 2.05) is 30.3 Å². The summed E-state index contributed by atoms with van der Waals surface area (Å²) in [7, 11) is 0. The van der Waals surface area contributed by atoms with E-state index in [1.54, 1.807) is 0 Å². The van der Waals surface area contributed by atoms with Crippen LogP contribution in [0.25, 0.3) is 0 Å². The lowest BCUT2D eigenvalue weighted by atomic mass is 9.93. The summed E-state index contributed by atoms with van der Waals surface area (Å²) < 4.78 is 6.82. The van der Waals surface area contributed by atoms with Gasteiger partial charge < -0.3 is 14.8 Å². The van der Waals surface area contributed by atoms with Gasteiger partial charge in [0.2, 0.25) is 14.4 Å². The molecule has 5 nitrogen and oxygen atoms in total. The number of ether oxygens (including phenoxy) is 2. The second kappa shape index (κ2) is 6.63. The van der Waals surface area contributed by atoms with E-state index in [0.717, 1.165) is 5.56 Å². The summed E-state index contributed by atoms with van der Waals surface area (Å²) in [5.41, 5.74) is -0.643. The molecule has 2 heterocycles. The summed E-state index contributed by atoms with van der Waals surface area (Å²) in [6.07, 6.45) is 1.38. The van der Waals surface area contributed by atoms with Crippen molar-refractivity contribution in [2.24, 2.45) is 0 Å². The maximum Gasteiger partial charge on any atom is 0.407 e. The van der Waals surface area contributed by atoms with Crippen LogP contribution < -0.4 is 5.32 Å². The van der Waals surface area contributed by atoms with Crippen molar-refractivity contribution in [3.05, 3.63) is 48.0 Å². The number of carbonyl (C=O) groups is 2. The number of benzene rings is 1. The Morgan fingerprint density at radius 3 is 2.56 bits per heavy atom. The van der Waals surface area contributed by atoms with Crippen LogP contribution in [-0.4, -0.2) is 38.8 Å². The number of rotatable bonds is 4. The highest BCUT2D eigenvalue weighted by Gasteiger charge is 2.69. The number of Topliss-reactive ketones (excluding diaryl/α,β-unsaturated/α-hetero) is 1. The Morgan fingerprint density at radius 2 is 1.88 bits per heavy atom. The fourth-order valence-corrected chi connectivity index (χ4v) is 4.00. The maximum absolute atomic E-state index is 12.4. The fourth-order valence-electron chi connectivity index (χ4n) is 2.64. The predicted molar refractivity (Wildman–Crippen MR) is 95.3 cm³/mol. The molecule has 0 aromatic heterocycles. The van der Waals surface area contributed by atoms with Gasteiger partial charge in [0.1, 0.15) is 18.3 Å². The van der Waals surface area contributed by atoms with Crippen molar-refractivity contribution in [1.29, 1.82) is 0 Å². The molecular weight excluding hydrogens is 412 g/mol. The van der Waals surface area contributed by atoms with E-state index in [1.165, 1.54) is 12.2 Å². The number of alkyl carbamates (subject to hydrolysis) is 1. The highest BCUT2D eigenvalue weighted by Crippen LogP contribution is 2.54. The lowest BCUT2D eigenvalue weighted by molar-refractivity contribution is -0.140. The van der Waals surface area contributed by atoms with Gasteiger partial charge in [0.25, 0.3) is 0 Å². The van der Waals surface area contributed by atoms with Gasteiger partial charge in [0.05, 0.1) is 6.54 Å². The smallest absolute Gasteiger partial charge is 0.407 e. The van der Waals surface area contributed by atoms with Crippen molar-refractivity contribution in [2.45, 2.75) is 27.0 Å². The summed E-state index contributed by atoms with van der Waals surface area (Å²) >= 11 is 24.4. The Balaban J connectivity index is 1.64. The van der Waals surface area contributed by atoms with Crippen LogP contribution in [0, 0.1) is 0 Å². The summed E-state index contributed by atoms with van der Waals surface area (Å²) in [4.78, 5) is 24.3. The molecule has 1 N–H and O–H groups in total. The average molecular weight is 425 g/mol. The minimum absolute atomic E-state index is 0.0945. The molecule has 2 atom stereocenters. The van der Waals surface area contributed by atoms with E-state index in [0.29, 0.717) is 0 Å². The van der Waals surface area contributed by atoms with Crippen LogP contribution in [0.5, 0.6) is 0 Å². The van der Waals surface area contributed by atoms with Crippen LogP contribution in [0.3, 0.4) is 0 Å². The zero-order chi connectivity index (χ0) is 18.3. The minimum atomic E-state index is -2.06. The van der Waals surface area contributed by atoms with Crippen LogP contribution in [0.4, 0.5) is 4.79 Å². The first-order valence-electron chi connectivity index (χ1n) is 7.31. The lowest BCUT2D eigenvalue weighted by Gasteiger charge is -2.45. The second-order valence-corrected chi connectivity index (χ2v) is 8.44. The van der Waals surface area contributed by atoms with Crippen molar-refractivity contribution < 1.29 is 19.1 Å². The van der Waals surface area contributed by atoms with E-state index in [9.17, 15) is 9.59 Å². The molecule has 134 valence electrons. The zero-order valence-electron chi connectivity index (χ0n) is 12.7. The molecular formula is C16H13Cl4NO4. The molecule has 1 aromatic carbocycles. The van der Waals surface area contributed by atoms with Crippen molar-refractivity contribution in [1.82, 2.24) is 5.32 Å². The molecule has 2 aliphatic rings. The van der Waals surface area contributed by atoms with Gasteiger partial charge in [0, 0.05) is 0 Å². The average Bonchev–Trinajstić information content (AvgIpc) is 3.03. The van der Waals surface area contributed by atoms with Gasteiger partial charge in [-0.25, -0.2) is 4.79 Å². The standard InChI is InChI=1S/C16H13Cl4NO4/c17-15(18)11-6-7-14(25-11,16(19,20)12(15)22)9-21-13(23)24-8-10-4-2-1-3-5-10/h1-7,11H,8-9H2,(H,21,23)/t11-,14+/m1/s1. The first-order chi connectivity index (χ1) is 11.7. The molecule has 0 radical (unpaired) electrons. The van der Waals surface area contributed by atoms with Gasteiger partial charge >= 0.3 is 6.09 Å². The molecule has 2 aliphatic heterocycles. The molecule has 3 rings (SSSR count). The number of alkyl halides is 4. The van der Waals surface area contributed by atoms with Crippen LogP contribution in [-0.2, 0) is 20.9 Å². The summed E-state index contributed by atoms with van der Waals surface area (Å²) in [5, 5.41) is 2.50. The summed E-state index contributed by atoms with van der Waals surface area (Å²) in [6, 6.07) is 9.17. The quantitative estimate of drug-likeness (QED) is 0.593. The largest absolute Gasteiger partial charge is 0.445 e. The van der Waals surface area contributed by atoms with E-state index in [-0.39, 0.29) is 13.2 Å². The van der Waals surface area contributed by atoms with Crippen LogP contribution >= 0.6 is 46.4 Å². The number of halogens is 4. The van der Waals surface area contributed by atoms with E-state index in [2.05, 4.69) is 5.32 Å². The van der Waals surface area contributed by atoms with E-state index >= 15 is 0 Å². The Kier molecular flexibility index (Phi) is 4.99. The minimum Gasteiger partial charge on any atom is -0.445 e. The number of carbonyl (C=O) groups excluding carboxylic acids is 2. The third kappa shape index (κ3) is 3.24. The van der Waals surface area contributed by atoms with Gasteiger partial charge in [-0.1, -0.05) is 82.8 Å². The first kappa shape index (κ1) is 18.8. The number of hydrogen-bond acceptors (Lipinski definition) is 4. The van der Waals surface area contributed by atoms with Gasteiger partial charge in [-0.15, -0.1) is 0 Å². The second-order valence-electron chi connectivity index (χ2n) is 5.73. The first-order valence-corrected chi connectivity index (χ1v) is 8.82. The third-order valence-corrected chi connectivity index (χ3v) is 5.82. The SMILES string of the molecule is O=C(NC[C@]12C=C[C@@H](O1)C(Cl)(Cl)C(=O)C2(Cl)Cl)OCc1ccccc1. The van der Waals surface area contributed by atoms with E-state index < -0.39 is 32.2 Å². The predicted octanol–water partition coefficient (Wildman–Crippen LogP) is 3.54. The molecule has 0 spiro atoms. The molecule has 25 heavy (non-hydrogen) atoms. The molecule has 9 heteroatoms. The third-order valence-electron chi connectivity index (χ3n) is 4.06. The van der Waals surface area contributed by atoms with Crippen LogP contribution in [0.1, 0.15) is 5.56 Å². The van der Waals surface area contributed by atoms with Gasteiger partial charge in [-0.3, -0.25) is 4.79 Å². The molecule has 1 aromatic rings. The fraction of sp³-hybridized carbons (Fsp3) is 0.375. The van der Waals surface area contributed by atoms with Crippen LogP contribution in [0.2, 0.25) is 0 Å². The molecule has 0 saturated carbocycles. The topological polar surface area (TPSA) is 64.6 Å². The van der Waals surface area contributed by atoms with Crippen molar-refractivity contribution in [2.75, 3.05) is 6.54 Å². The molecule has 2 bridgehead atoms. The Bertz CT molecular complexity index is 722. The van der Waals surface area contributed by atoms with Crippen molar-refractivity contribution >= 4 is 58.3 Å². The maximum atomic E-state index is 12.4. The van der Waals surface area contributed by atoms with E-state index in [4.69, 9.17) is 55.9 Å². The zero-order valence-corrected chi connectivity index (χ0v) is 15.7. The Hall–Kier alpha value is -0.980. The van der Waals surface area contributed by atoms with Crippen molar-refractivity contribution in [3.8, 4) is 0 Å². The molecule has 1 fully saturated rings. The number of ketones is 1.